The molecule has 2 aliphatic rings. The summed E-state index contributed by atoms with van der Waals surface area (Å²) >= 11 is 0. The van der Waals surface area contributed by atoms with Gasteiger partial charge in [-0.15, -0.1) is 0 Å². The second-order valence-corrected chi connectivity index (χ2v) is 7.09. The van der Waals surface area contributed by atoms with Crippen LogP contribution in [0.3, 0.4) is 0 Å². The van der Waals surface area contributed by atoms with E-state index in [4.69, 9.17) is 0 Å². The van der Waals surface area contributed by atoms with Gasteiger partial charge < -0.3 is 15.5 Å². The van der Waals surface area contributed by atoms with E-state index in [1.807, 2.05) is 17.0 Å². The third kappa shape index (κ3) is 3.71. The Hall–Kier alpha value is -2.04. The molecule has 24 heavy (non-hydrogen) atoms. The molecule has 0 aromatic heterocycles. The van der Waals surface area contributed by atoms with E-state index < -0.39 is 6.04 Å². The van der Waals surface area contributed by atoms with E-state index in [1.54, 1.807) is 6.92 Å². The number of nitrogens with zero attached hydrogens (tertiary/aromatic N) is 1. The average Bonchev–Trinajstić information content (AvgIpc) is 2.96. The van der Waals surface area contributed by atoms with E-state index in [9.17, 15) is 9.59 Å². The van der Waals surface area contributed by atoms with E-state index in [2.05, 4.69) is 29.7 Å². The van der Waals surface area contributed by atoms with Gasteiger partial charge >= 0.3 is 6.03 Å². The van der Waals surface area contributed by atoms with E-state index in [0.717, 1.165) is 32.2 Å². The van der Waals surface area contributed by atoms with Gasteiger partial charge in [-0.25, -0.2) is 4.79 Å². The molecule has 5 nitrogen and oxygen atoms in total. The maximum atomic E-state index is 12.5. The third-order valence-electron chi connectivity index (χ3n) is 5.19. The lowest BCUT2D eigenvalue weighted by Crippen LogP contribution is -2.54. The molecule has 0 spiro atoms. The molecule has 0 bridgehead atoms. The van der Waals surface area contributed by atoms with Gasteiger partial charge in [0.25, 0.3) is 0 Å². The quantitative estimate of drug-likeness (QED) is 0.893. The van der Waals surface area contributed by atoms with Crippen LogP contribution in [0.4, 0.5) is 4.79 Å². The number of urea groups is 1. The Bertz CT molecular complexity index is 591. The van der Waals surface area contributed by atoms with Crippen molar-refractivity contribution in [2.75, 3.05) is 6.54 Å². The molecule has 2 N–H and O–H groups in total. The first-order valence-corrected chi connectivity index (χ1v) is 8.99. The molecule has 1 saturated heterocycles. The molecule has 1 heterocycles. The van der Waals surface area contributed by atoms with Gasteiger partial charge in [-0.05, 0) is 57.1 Å². The van der Waals surface area contributed by atoms with E-state index in [-0.39, 0.29) is 24.0 Å². The van der Waals surface area contributed by atoms with Gasteiger partial charge in [0.05, 0.1) is 0 Å². The minimum atomic E-state index is -0.491. The van der Waals surface area contributed by atoms with Crippen molar-refractivity contribution in [1.82, 2.24) is 15.5 Å². The van der Waals surface area contributed by atoms with Gasteiger partial charge in [-0.2, -0.15) is 0 Å². The lowest BCUT2D eigenvalue weighted by atomic mass is 10.0. The Labute approximate surface area is 143 Å². The first kappa shape index (κ1) is 16.8. The number of rotatable bonds is 3. The van der Waals surface area contributed by atoms with Gasteiger partial charge in [0, 0.05) is 18.6 Å². The number of benzene rings is 1. The molecule has 3 amide bonds. The van der Waals surface area contributed by atoms with Crippen LogP contribution in [0.1, 0.15) is 44.2 Å². The number of hydrogen-bond donors (Lipinski definition) is 2. The monoisotopic (exact) mass is 329 g/mol. The first-order valence-electron chi connectivity index (χ1n) is 8.99. The summed E-state index contributed by atoms with van der Waals surface area (Å²) in [5.74, 6) is 0.0204. The number of nitrogens with one attached hydrogen (secondary N) is 2. The van der Waals surface area contributed by atoms with E-state index >= 15 is 0 Å². The summed E-state index contributed by atoms with van der Waals surface area (Å²) in [5.41, 5.74) is 2.60. The highest BCUT2D eigenvalue weighted by Crippen LogP contribution is 2.21. The molecule has 130 valence electrons. The Morgan fingerprint density at radius 2 is 1.83 bits per heavy atom. The number of piperidine rings is 1. The summed E-state index contributed by atoms with van der Waals surface area (Å²) < 4.78 is 0. The van der Waals surface area contributed by atoms with Crippen molar-refractivity contribution < 1.29 is 9.59 Å². The van der Waals surface area contributed by atoms with Crippen molar-refractivity contribution in [1.29, 1.82) is 0 Å². The van der Waals surface area contributed by atoms with Crippen LogP contribution in [0.15, 0.2) is 24.3 Å². The molecule has 1 aromatic rings. The van der Waals surface area contributed by atoms with Crippen LogP contribution in [0, 0.1) is 0 Å². The normalized spacial score (nSPS) is 21.9. The zero-order chi connectivity index (χ0) is 17.1. The fourth-order valence-corrected chi connectivity index (χ4v) is 3.82. The number of carbonyl (C=O) groups excluding carboxylic acids is 2. The highest BCUT2D eigenvalue weighted by molar-refractivity contribution is 5.87. The standard InChI is InChI=1S/C19H27N3O2/c1-13-7-5-6-10-22(13)18(23)14(2)20-19(24)21-17-11-15-8-3-4-9-16(15)12-17/h3-4,8-9,13-14,17H,5-7,10-12H2,1-2H3,(H2,20,21,24)/t13-,14+/m0/s1. The molecule has 3 rings (SSSR count). The zero-order valence-electron chi connectivity index (χ0n) is 14.5. The fourth-order valence-electron chi connectivity index (χ4n) is 3.82. The number of hydrogen-bond acceptors (Lipinski definition) is 2. The topological polar surface area (TPSA) is 61.4 Å². The number of carbonyl (C=O) groups is 2. The second-order valence-electron chi connectivity index (χ2n) is 7.09. The van der Waals surface area contributed by atoms with Crippen molar-refractivity contribution >= 4 is 11.9 Å². The number of amides is 3. The minimum Gasteiger partial charge on any atom is -0.338 e. The van der Waals surface area contributed by atoms with Gasteiger partial charge in [0.1, 0.15) is 6.04 Å². The van der Waals surface area contributed by atoms with Crippen molar-refractivity contribution in [2.45, 2.75) is 64.1 Å². The van der Waals surface area contributed by atoms with Crippen LogP contribution in [-0.2, 0) is 17.6 Å². The molecular formula is C19H27N3O2. The lowest BCUT2D eigenvalue weighted by molar-refractivity contribution is -0.136. The predicted molar refractivity (Wildman–Crippen MR) is 93.8 cm³/mol. The number of fused-ring (bicyclic) bond motifs is 1. The summed E-state index contributed by atoms with van der Waals surface area (Å²) in [7, 11) is 0. The maximum absolute atomic E-state index is 12.5. The molecule has 2 atom stereocenters. The van der Waals surface area contributed by atoms with E-state index in [0.29, 0.717) is 0 Å². The second kappa shape index (κ2) is 7.24. The highest BCUT2D eigenvalue weighted by atomic mass is 16.2. The largest absolute Gasteiger partial charge is 0.338 e. The van der Waals surface area contributed by atoms with Crippen LogP contribution in [0.2, 0.25) is 0 Å². The Morgan fingerprint density at radius 3 is 2.46 bits per heavy atom. The summed E-state index contributed by atoms with van der Waals surface area (Å²) in [4.78, 5) is 26.7. The molecule has 1 fully saturated rings. The smallest absolute Gasteiger partial charge is 0.315 e. The summed E-state index contributed by atoms with van der Waals surface area (Å²) in [6, 6.07) is 7.91. The van der Waals surface area contributed by atoms with Crippen LogP contribution < -0.4 is 10.6 Å². The molecule has 0 radical (unpaired) electrons. The van der Waals surface area contributed by atoms with Crippen LogP contribution in [-0.4, -0.2) is 41.5 Å². The maximum Gasteiger partial charge on any atom is 0.315 e. The fraction of sp³-hybridized carbons (Fsp3) is 0.579. The summed E-state index contributed by atoms with van der Waals surface area (Å²) in [5, 5.41) is 5.81. The molecular weight excluding hydrogens is 302 g/mol. The SMILES string of the molecule is C[C@@H](NC(=O)NC1Cc2ccccc2C1)C(=O)N1CCCC[C@@H]1C. The zero-order valence-corrected chi connectivity index (χ0v) is 14.5. The Morgan fingerprint density at radius 1 is 1.17 bits per heavy atom. The van der Waals surface area contributed by atoms with Crippen molar-refractivity contribution in [3.63, 3.8) is 0 Å². The Balaban J connectivity index is 1.49. The first-order chi connectivity index (χ1) is 11.5. The summed E-state index contributed by atoms with van der Waals surface area (Å²) in [6.45, 7) is 4.65. The van der Waals surface area contributed by atoms with Crippen molar-refractivity contribution in [3.8, 4) is 0 Å². The average molecular weight is 329 g/mol. The molecule has 0 saturated carbocycles. The van der Waals surface area contributed by atoms with Crippen LogP contribution in [0.25, 0.3) is 0 Å². The predicted octanol–water partition coefficient (Wildman–Crippen LogP) is 2.24. The van der Waals surface area contributed by atoms with Crippen LogP contribution >= 0.6 is 0 Å². The summed E-state index contributed by atoms with van der Waals surface area (Å²) in [6.07, 6.45) is 4.99. The number of likely N-dealkylation sites (tertiary alicyclic amines) is 1. The minimum absolute atomic E-state index is 0.0204. The lowest BCUT2D eigenvalue weighted by Gasteiger charge is -2.35. The molecule has 1 aromatic carbocycles. The highest BCUT2D eigenvalue weighted by Gasteiger charge is 2.29. The van der Waals surface area contributed by atoms with Gasteiger partial charge in [-0.1, -0.05) is 24.3 Å². The van der Waals surface area contributed by atoms with Crippen LogP contribution in [0.5, 0.6) is 0 Å². The van der Waals surface area contributed by atoms with Gasteiger partial charge in [-0.3, -0.25) is 4.79 Å². The molecule has 0 unspecified atom stereocenters. The molecule has 5 heteroatoms. The van der Waals surface area contributed by atoms with Gasteiger partial charge in [0.2, 0.25) is 5.91 Å². The van der Waals surface area contributed by atoms with Crippen molar-refractivity contribution in [3.05, 3.63) is 35.4 Å². The van der Waals surface area contributed by atoms with E-state index in [1.165, 1.54) is 17.5 Å². The van der Waals surface area contributed by atoms with Crippen molar-refractivity contribution in [2.24, 2.45) is 0 Å². The Kier molecular flexibility index (Phi) is 5.07. The molecule has 1 aliphatic carbocycles. The van der Waals surface area contributed by atoms with Gasteiger partial charge in [0.15, 0.2) is 0 Å². The third-order valence-corrected chi connectivity index (χ3v) is 5.19. The molecule has 1 aliphatic heterocycles.